The molecule has 3 rings (SSSR count). The first-order valence-corrected chi connectivity index (χ1v) is 8.27. The highest BCUT2D eigenvalue weighted by Crippen LogP contribution is 2.26. The molecule has 2 aromatic heterocycles. The van der Waals surface area contributed by atoms with Gasteiger partial charge in [-0.25, -0.2) is 4.98 Å². The third-order valence-electron chi connectivity index (χ3n) is 4.33. The Balaban J connectivity index is 1.82. The predicted molar refractivity (Wildman–Crippen MR) is 85.8 cm³/mol. The summed E-state index contributed by atoms with van der Waals surface area (Å²) in [6.45, 7) is 8.62. The Morgan fingerprint density at radius 1 is 1.24 bits per heavy atom. The molecule has 0 aliphatic carbocycles. The number of hydrogen-bond acceptors (Lipinski definition) is 3. The Labute approximate surface area is 130 Å². The lowest BCUT2D eigenvalue weighted by molar-refractivity contribution is 0.325. The number of fused-ring (bicyclic) bond motifs is 1. The highest BCUT2D eigenvalue weighted by atomic mass is 35.5. The van der Waals surface area contributed by atoms with E-state index in [1.165, 1.54) is 25.9 Å². The molecule has 0 amide bonds. The zero-order valence-corrected chi connectivity index (χ0v) is 13.9. The van der Waals surface area contributed by atoms with Crippen molar-refractivity contribution >= 4 is 22.8 Å². The fourth-order valence-corrected chi connectivity index (χ4v) is 3.50. The number of aromatic nitrogens is 4. The van der Waals surface area contributed by atoms with Gasteiger partial charge in [-0.15, -0.1) is 11.6 Å². The van der Waals surface area contributed by atoms with Gasteiger partial charge in [0.2, 0.25) is 0 Å². The van der Waals surface area contributed by atoms with Gasteiger partial charge < -0.3 is 9.47 Å². The zero-order valence-electron chi connectivity index (χ0n) is 13.1. The number of rotatable bonds is 5. The molecule has 1 unspecified atom stereocenters. The number of alkyl halides is 1. The van der Waals surface area contributed by atoms with E-state index in [4.69, 9.17) is 16.6 Å². The zero-order chi connectivity index (χ0) is 15.0. The molecule has 0 radical (unpaired) electrons. The monoisotopic (exact) mass is 309 g/mol. The molecule has 5 nitrogen and oxygen atoms in total. The van der Waals surface area contributed by atoms with Gasteiger partial charge in [0.15, 0.2) is 5.65 Å². The maximum atomic E-state index is 6.32. The molecule has 0 spiro atoms. The molecule has 1 saturated heterocycles. The summed E-state index contributed by atoms with van der Waals surface area (Å²) < 4.78 is 4.18. The number of imidazole rings is 1. The molecule has 6 heteroatoms. The Morgan fingerprint density at radius 3 is 2.62 bits per heavy atom. The molecule has 1 atom stereocenters. The van der Waals surface area contributed by atoms with Crippen molar-refractivity contribution in [3.05, 3.63) is 11.5 Å². The van der Waals surface area contributed by atoms with E-state index in [1.54, 1.807) is 0 Å². The SMILES string of the molecule is Cc1nn(C)c2c1nc(C(C)Cl)n2CCCN1CCCC1. The molecule has 21 heavy (non-hydrogen) atoms. The number of hydrogen-bond donors (Lipinski definition) is 0. The Morgan fingerprint density at radius 2 is 1.95 bits per heavy atom. The molecule has 0 saturated carbocycles. The largest absolute Gasteiger partial charge is 0.312 e. The summed E-state index contributed by atoms with van der Waals surface area (Å²) >= 11 is 6.32. The van der Waals surface area contributed by atoms with Crippen molar-refractivity contribution in [2.24, 2.45) is 7.05 Å². The first kappa shape index (κ1) is 14.9. The highest BCUT2D eigenvalue weighted by molar-refractivity contribution is 6.20. The van der Waals surface area contributed by atoms with Crippen molar-refractivity contribution in [3.8, 4) is 0 Å². The summed E-state index contributed by atoms with van der Waals surface area (Å²) in [6.07, 6.45) is 3.83. The van der Waals surface area contributed by atoms with Crippen LogP contribution in [0, 0.1) is 6.92 Å². The average Bonchev–Trinajstić information content (AvgIpc) is 3.10. The first-order chi connectivity index (χ1) is 10.1. The van der Waals surface area contributed by atoms with Crippen molar-refractivity contribution < 1.29 is 0 Å². The predicted octanol–water partition coefficient (Wildman–Crippen LogP) is 2.86. The van der Waals surface area contributed by atoms with Crippen LogP contribution in [0.2, 0.25) is 0 Å². The minimum atomic E-state index is -0.0800. The van der Waals surface area contributed by atoms with E-state index in [1.807, 2.05) is 25.6 Å². The number of halogens is 1. The molecule has 2 aromatic rings. The molecule has 1 fully saturated rings. The summed E-state index contributed by atoms with van der Waals surface area (Å²) in [5.41, 5.74) is 3.06. The van der Waals surface area contributed by atoms with Gasteiger partial charge in [-0.2, -0.15) is 5.10 Å². The maximum absolute atomic E-state index is 6.32. The molecule has 116 valence electrons. The third-order valence-corrected chi connectivity index (χ3v) is 4.53. The second-order valence-corrected chi connectivity index (χ2v) is 6.68. The van der Waals surface area contributed by atoms with Crippen LogP contribution in [0.4, 0.5) is 0 Å². The van der Waals surface area contributed by atoms with E-state index >= 15 is 0 Å². The lowest BCUT2D eigenvalue weighted by atomic mass is 10.3. The van der Waals surface area contributed by atoms with E-state index in [0.29, 0.717) is 0 Å². The van der Waals surface area contributed by atoms with Gasteiger partial charge in [0.05, 0.1) is 11.1 Å². The van der Waals surface area contributed by atoms with E-state index in [2.05, 4.69) is 14.6 Å². The van der Waals surface area contributed by atoms with E-state index in [9.17, 15) is 0 Å². The van der Waals surface area contributed by atoms with Crippen molar-refractivity contribution in [2.75, 3.05) is 19.6 Å². The van der Waals surface area contributed by atoms with Crippen LogP contribution in [0.25, 0.3) is 11.2 Å². The number of aryl methyl sites for hydroxylation is 3. The van der Waals surface area contributed by atoms with Crippen molar-refractivity contribution in [3.63, 3.8) is 0 Å². The fraction of sp³-hybridized carbons (Fsp3) is 0.733. The van der Waals surface area contributed by atoms with Crippen LogP contribution in [0.15, 0.2) is 0 Å². The fourth-order valence-electron chi connectivity index (χ4n) is 3.33. The van der Waals surface area contributed by atoms with Crippen LogP contribution in [0.1, 0.15) is 43.1 Å². The van der Waals surface area contributed by atoms with Crippen molar-refractivity contribution in [1.82, 2.24) is 24.2 Å². The molecule has 0 bridgehead atoms. The van der Waals surface area contributed by atoms with Gasteiger partial charge in [-0.3, -0.25) is 4.68 Å². The molecule has 1 aliphatic heterocycles. The van der Waals surface area contributed by atoms with Gasteiger partial charge >= 0.3 is 0 Å². The van der Waals surface area contributed by atoms with Crippen LogP contribution in [0.3, 0.4) is 0 Å². The minimum Gasteiger partial charge on any atom is -0.312 e. The standard InChI is InChI=1S/C15H24ClN5/c1-11(16)14-17-13-12(2)18-19(3)15(13)21(14)10-6-9-20-7-4-5-8-20/h11H,4-10H2,1-3H3. The van der Waals surface area contributed by atoms with Crippen molar-refractivity contribution in [1.29, 1.82) is 0 Å². The normalized spacial score (nSPS) is 17.9. The number of likely N-dealkylation sites (tertiary alicyclic amines) is 1. The van der Waals surface area contributed by atoms with Gasteiger partial charge in [0, 0.05) is 13.6 Å². The van der Waals surface area contributed by atoms with E-state index < -0.39 is 0 Å². The molecule has 0 N–H and O–H groups in total. The summed E-state index contributed by atoms with van der Waals surface area (Å²) in [7, 11) is 1.98. The second-order valence-electron chi connectivity index (χ2n) is 6.02. The van der Waals surface area contributed by atoms with Gasteiger partial charge in [-0.05, 0) is 52.7 Å². The summed E-state index contributed by atoms with van der Waals surface area (Å²) in [6, 6.07) is 0. The topological polar surface area (TPSA) is 38.9 Å². The smallest absolute Gasteiger partial charge is 0.158 e. The quantitative estimate of drug-likeness (QED) is 0.797. The van der Waals surface area contributed by atoms with Crippen LogP contribution >= 0.6 is 11.6 Å². The maximum Gasteiger partial charge on any atom is 0.158 e. The van der Waals surface area contributed by atoms with Crippen LogP contribution in [-0.4, -0.2) is 43.9 Å². The molecular formula is C15H24ClN5. The van der Waals surface area contributed by atoms with Crippen molar-refractivity contribution in [2.45, 2.75) is 45.0 Å². The van der Waals surface area contributed by atoms with Crippen LogP contribution in [0.5, 0.6) is 0 Å². The average molecular weight is 310 g/mol. The van der Waals surface area contributed by atoms with Crippen LogP contribution in [-0.2, 0) is 13.6 Å². The molecule has 0 aromatic carbocycles. The summed E-state index contributed by atoms with van der Waals surface area (Å²) in [5.74, 6) is 0.962. The summed E-state index contributed by atoms with van der Waals surface area (Å²) in [4.78, 5) is 7.27. The molecule has 1 aliphatic rings. The lowest BCUT2D eigenvalue weighted by Crippen LogP contribution is -2.22. The van der Waals surface area contributed by atoms with Gasteiger partial charge in [0.25, 0.3) is 0 Å². The second kappa shape index (κ2) is 5.97. The molecule has 3 heterocycles. The van der Waals surface area contributed by atoms with E-state index in [-0.39, 0.29) is 5.38 Å². The lowest BCUT2D eigenvalue weighted by Gasteiger charge is -2.16. The van der Waals surface area contributed by atoms with E-state index in [0.717, 1.165) is 42.2 Å². The third kappa shape index (κ3) is 2.81. The van der Waals surface area contributed by atoms with Crippen LogP contribution < -0.4 is 0 Å². The van der Waals surface area contributed by atoms with Gasteiger partial charge in [0.1, 0.15) is 11.3 Å². The highest BCUT2D eigenvalue weighted by Gasteiger charge is 2.20. The Bertz CT molecular complexity index is 622. The minimum absolute atomic E-state index is 0.0800. The summed E-state index contributed by atoms with van der Waals surface area (Å²) in [5, 5.41) is 4.40. The first-order valence-electron chi connectivity index (χ1n) is 7.84. The van der Waals surface area contributed by atoms with Gasteiger partial charge in [-0.1, -0.05) is 0 Å². The number of nitrogens with zero attached hydrogens (tertiary/aromatic N) is 5. The molecular weight excluding hydrogens is 286 g/mol. The Kier molecular flexibility index (Phi) is 4.22. The Hall–Kier alpha value is -1.07.